The van der Waals surface area contributed by atoms with Crippen LogP contribution in [0.25, 0.3) is 11.0 Å². The molecule has 0 aliphatic carbocycles. The van der Waals surface area contributed by atoms with E-state index in [-0.39, 0.29) is 6.61 Å². The Balaban J connectivity index is 1.61. The van der Waals surface area contributed by atoms with Gasteiger partial charge in [0.25, 0.3) is 5.91 Å². The Morgan fingerprint density at radius 3 is 2.70 bits per heavy atom. The lowest BCUT2D eigenvalue weighted by molar-refractivity contribution is -0.123. The summed E-state index contributed by atoms with van der Waals surface area (Å²) in [5.41, 5.74) is 3.58. The van der Waals surface area contributed by atoms with Gasteiger partial charge in [-0.15, -0.1) is 0 Å². The summed E-state index contributed by atoms with van der Waals surface area (Å²) in [5, 5.41) is 5.46. The van der Waals surface area contributed by atoms with Crippen molar-refractivity contribution in [2.75, 3.05) is 6.61 Å². The van der Waals surface area contributed by atoms with Crippen molar-refractivity contribution < 1.29 is 13.9 Å². The van der Waals surface area contributed by atoms with Crippen molar-refractivity contribution in [1.29, 1.82) is 0 Å². The smallest absolute Gasteiger partial charge is 0.336 e. The van der Waals surface area contributed by atoms with E-state index >= 15 is 0 Å². The Morgan fingerprint density at radius 1 is 1.22 bits per heavy atom. The summed E-state index contributed by atoms with van der Waals surface area (Å²) >= 11 is 12.0. The lowest BCUT2D eigenvalue weighted by Crippen LogP contribution is -2.24. The summed E-state index contributed by atoms with van der Waals surface area (Å²) in [6, 6.07) is 11.5. The minimum absolute atomic E-state index is 0.269. The lowest BCUT2D eigenvalue weighted by atomic mass is 10.1. The molecule has 6 nitrogen and oxygen atoms in total. The molecule has 3 rings (SSSR count). The van der Waals surface area contributed by atoms with Gasteiger partial charge in [-0.25, -0.2) is 10.2 Å². The first-order valence-corrected chi connectivity index (χ1v) is 8.63. The van der Waals surface area contributed by atoms with E-state index in [9.17, 15) is 9.59 Å². The van der Waals surface area contributed by atoms with Crippen LogP contribution in [-0.2, 0) is 4.79 Å². The maximum atomic E-state index is 11.9. The number of hydrogen-bond donors (Lipinski definition) is 1. The standard InChI is InChI=1S/C19H14Cl2N2O4/c1-11-7-19(25)27-17-8-12(5-6-13(11)17)26-10-18(24)23-22-9-14-15(20)3-2-4-16(14)21/h2-9H,10H2,1H3,(H,23,24)/b22-9-. The zero-order chi connectivity index (χ0) is 19.4. The summed E-state index contributed by atoms with van der Waals surface area (Å²) in [4.78, 5) is 23.3. The molecular weight excluding hydrogens is 391 g/mol. The molecule has 138 valence electrons. The molecule has 0 unspecified atom stereocenters. The van der Waals surface area contributed by atoms with Crippen molar-refractivity contribution in [2.45, 2.75) is 6.92 Å². The maximum absolute atomic E-state index is 11.9. The molecule has 0 aliphatic rings. The Morgan fingerprint density at radius 2 is 1.96 bits per heavy atom. The Hall–Kier alpha value is -2.83. The summed E-state index contributed by atoms with van der Waals surface area (Å²) in [5.74, 6) is -0.0789. The second-order valence-electron chi connectivity index (χ2n) is 5.62. The quantitative estimate of drug-likeness (QED) is 0.396. The molecule has 0 atom stereocenters. The van der Waals surface area contributed by atoms with Gasteiger partial charge < -0.3 is 9.15 Å². The Labute approximate surface area is 164 Å². The molecule has 27 heavy (non-hydrogen) atoms. The van der Waals surface area contributed by atoms with Crippen LogP contribution >= 0.6 is 23.2 Å². The summed E-state index contributed by atoms with van der Waals surface area (Å²) < 4.78 is 10.5. The molecular formula is C19H14Cl2N2O4. The monoisotopic (exact) mass is 404 g/mol. The van der Waals surface area contributed by atoms with Gasteiger partial charge in [0.05, 0.1) is 16.3 Å². The number of hydrogen-bond acceptors (Lipinski definition) is 5. The molecule has 0 saturated carbocycles. The van der Waals surface area contributed by atoms with E-state index in [4.69, 9.17) is 32.4 Å². The number of nitrogens with one attached hydrogen (secondary N) is 1. The molecule has 0 aliphatic heterocycles. The number of benzene rings is 2. The number of fused-ring (bicyclic) bond motifs is 1. The highest BCUT2D eigenvalue weighted by molar-refractivity contribution is 6.38. The predicted octanol–water partition coefficient (Wildman–Crippen LogP) is 3.94. The number of aryl methyl sites for hydroxylation is 1. The van der Waals surface area contributed by atoms with Gasteiger partial charge in [0.2, 0.25) is 0 Å². The van der Waals surface area contributed by atoms with E-state index in [1.54, 1.807) is 36.4 Å². The number of rotatable bonds is 5. The summed E-state index contributed by atoms with van der Waals surface area (Å²) in [6.07, 6.45) is 1.36. The highest BCUT2D eigenvalue weighted by atomic mass is 35.5. The molecule has 0 radical (unpaired) electrons. The fourth-order valence-corrected chi connectivity index (χ4v) is 2.87. The van der Waals surface area contributed by atoms with Crippen LogP contribution in [0, 0.1) is 6.92 Å². The highest BCUT2D eigenvalue weighted by Crippen LogP contribution is 2.23. The van der Waals surface area contributed by atoms with Gasteiger partial charge >= 0.3 is 5.63 Å². The van der Waals surface area contributed by atoms with Gasteiger partial charge in [0.1, 0.15) is 11.3 Å². The van der Waals surface area contributed by atoms with Gasteiger partial charge in [0, 0.05) is 23.1 Å². The molecule has 1 aromatic heterocycles. The van der Waals surface area contributed by atoms with Gasteiger partial charge in [0.15, 0.2) is 6.61 Å². The van der Waals surface area contributed by atoms with E-state index in [1.807, 2.05) is 6.92 Å². The molecule has 8 heteroatoms. The van der Waals surface area contributed by atoms with E-state index < -0.39 is 11.5 Å². The third-order valence-corrected chi connectivity index (χ3v) is 4.33. The second-order valence-corrected chi connectivity index (χ2v) is 6.44. The zero-order valence-corrected chi connectivity index (χ0v) is 15.7. The van der Waals surface area contributed by atoms with Crippen LogP contribution < -0.4 is 15.8 Å². The molecule has 0 saturated heterocycles. The van der Waals surface area contributed by atoms with Crippen molar-refractivity contribution in [1.82, 2.24) is 5.43 Å². The molecule has 2 aromatic carbocycles. The number of hydrazone groups is 1. The molecule has 1 N–H and O–H groups in total. The second kappa shape index (κ2) is 8.24. The average molecular weight is 405 g/mol. The van der Waals surface area contributed by atoms with Gasteiger partial charge in [-0.3, -0.25) is 4.79 Å². The number of ether oxygens (including phenoxy) is 1. The first-order valence-electron chi connectivity index (χ1n) is 7.87. The summed E-state index contributed by atoms with van der Waals surface area (Å²) in [7, 11) is 0. The maximum Gasteiger partial charge on any atom is 0.336 e. The van der Waals surface area contributed by atoms with Crippen molar-refractivity contribution in [2.24, 2.45) is 5.10 Å². The van der Waals surface area contributed by atoms with Gasteiger partial charge in [-0.2, -0.15) is 5.10 Å². The van der Waals surface area contributed by atoms with Gasteiger partial charge in [-0.05, 0) is 36.8 Å². The van der Waals surface area contributed by atoms with Crippen LogP contribution in [0.5, 0.6) is 5.75 Å². The van der Waals surface area contributed by atoms with E-state index in [1.165, 1.54) is 12.3 Å². The van der Waals surface area contributed by atoms with Crippen molar-refractivity contribution >= 4 is 46.3 Å². The number of nitrogens with zero attached hydrogens (tertiary/aromatic N) is 1. The molecule has 3 aromatic rings. The molecule has 1 heterocycles. The van der Waals surface area contributed by atoms with E-state index in [0.717, 1.165) is 10.9 Å². The minimum atomic E-state index is -0.472. The minimum Gasteiger partial charge on any atom is -0.484 e. The van der Waals surface area contributed by atoms with Crippen LogP contribution in [0.1, 0.15) is 11.1 Å². The predicted molar refractivity (Wildman–Crippen MR) is 105 cm³/mol. The molecule has 0 spiro atoms. The van der Waals surface area contributed by atoms with Crippen LogP contribution in [0.4, 0.5) is 0 Å². The number of carbonyl (C=O) groups excluding carboxylic acids is 1. The van der Waals surface area contributed by atoms with Crippen LogP contribution in [-0.4, -0.2) is 18.7 Å². The van der Waals surface area contributed by atoms with Gasteiger partial charge in [-0.1, -0.05) is 29.3 Å². The third-order valence-electron chi connectivity index (χ3n) is 3.68. The fourth-order valence-electron chi connectivity index (χ4n) is 2.38. The zero-order valence-electron chi connectivity index (χ0n) is 14.2. The van der Waals surface area contributed by atoms with Crippen LogP contribution in [0.15, 0.2) is 56.8 Å². The van der Waals surface area contributed by atoms with Crippen molar-refractivity contribution in [3.8, 4) is 5.75 Å². The number of carbonyl (C=O) groups is 1. The fraction of sp³-hybridized carbons (Fsp3) is 0.105. The molecule has 1 amide bonds. The first-order chi connectivity index (χ1) is 12.9. The third kappa shape index (κ3) is 4.67. The molecule has 0 bridgehead atoms. The first kappa shape index (κ1) is 18.9. The lowest BCUT2D eigenvalue weighted by Gasteiger charge is -2.07. The average Bonchev–Trinajstić information content (AvgIpc) is 2.62. The van der Waals surface area contributed by atoms with Crippen LogP contribution in [0.3, 0.4) is 0 Å². The summed E-state index contributed by atoms with van der Waals surface area (Å²) in [6.45, 7) is 1.55. The van der Waals surface area contributed by atoms with Crippen molar-refractivity contribution in [3.05, 3.63) is 74.1 Å². The van der Waals surface area contributed by atoms with Crippen molar-refractivity contribution in [3.63, 3.8) is 0 Å². The van der Waals surface area contributed by atoms with E-state index in [0.29, 0.717) is 26.9 Å². The van der Waals surface area contributed by atoms with E-state index in [2.05, 4.69) is 10.5 Å². The van der Waals surface area contributed by atoms with Crippen LogP contribution in [0.2, 0.25) is 10.0 Å². The number of halogens is 2. The Bertz CT molecular complexity index is 1070. The highest BCUT2D eigenvalue weighted by Gasteiger charge is 2.07. The normalized spacial score (nSPS) is 11.1. The SMILES string of the molecule is Cc1cc(=O)oc2cc(OCC(=O)N/N=C\c3c(Cl)cccc3Cl)ccc12. The number of amides is 1. The largest absolute Gasteiger partial charge is 0.484 e. The topological polar surface area (TPSA) is 80.9 Å². The molecule has 0 fully saturated rings. The Kier molecular flexibility index (Phi) is 5.78.